The third kappa shape index (κ3) is 2.96. The van der Waals surface area contributed by atoms with E-state index in [-0.39, 0.29) is 11.8 Å². The molecule has 0 fully saturated rings. The third-order valence-electron chi connectivity index (χ3n) is 2.97. The Labute approximate surface area is 113 Å². The number of fused-ring (bicyclic) bond motifs is 1. The number of aromatic nitrogens is 2. The maximum atomic E-state index is 11.5. The molecule has 104 valence electrons. The first-order valence-electron chi connectivity index (χ1n) is 6.19. The molecule has 1 heterocycles. The van der Waals surface area contributed by atoms with Crippen molar-refractivity contribution in [3.63, 3.8) is 0 Å². The van der Waals surface area contributed by atoms with E-state index in [9.17, 15) is 8.42 Å². The highest BCUT2D eigenvalue weighted by Gasteiger charge is 2.17. The molecule has 0 aliphatic carbocycles. The van der Waals surface area contributed by atoms with Gasteiger partial charge in [-0.15, -0.1) is 0 Å². The summed E-state index contributed by atoms with van der Waals surface area (Å²) >= 11 is 0. The van der Waals surface area contributed by atoms with Crippen LogP contribution in [-0.4, -0.2) is 24.2 Å². The lowest BCUT2D eigenvalue weighted by atomic mass is 10.2. The molecule has 19 heavy (non-hydrogen) atoms. The topological polar surface area (TPSA) is 78.0 Å². The first-order chi connectivity index (χ1) is 8.81. The minimum Gasteiger partial charge on any atom is -0.326 e. The van der Waals surface area contributed by atoms with Crippen LogP contribution >= 0.6 is 0 Å². The Morgan fingerprint density at radius 2 is 2.05 bits per heavy atom. The van der Waals surface area contributed by atoms with Crippen molar-refractivity contribution >= 4 is 20.9 Å². The number of nitrogens with two attached hydrogens (primary N) is 1. The highest BCUT2D eigenvalue weighted by molar-refractivity contribution is 7.89. The molecule has 0 spiro atoms. The van der Waals surface area contributed by atoms with E-state index < -0.39 is 9.84 Å². The summed E-state index contributed by atoms with van der Waals surface area (Å²) in [6.45, 7) is 4.49. The van der Waals surface area contributed by atoms with Crippen LogP contribution in [0.3, 0.4) is 0 Å². The second-order valence-corrected chi connectivity index (χ2v) is 7.23. The van der Waals surface area contributed by atoms with Gasteiger partial charge in [0.25, 0.3) is 0 Å². The normalized spacial score (nSPS) is 12.5. The van der Waals surface area contributed by atoms with E-state index in [1.165, 1.54) is 6.26 Å². The fourth-order valence-electron chi connectivity index (χ4n) is 2.23. The standard InChI is InChI=1S/C13H19N3O2S/c1-9(2)16-12-5-4-10(7-14)6-11(12)15-13(16)8-19(3,17)18/h4-6,9H,7-8,14H2,1-3H3. The summed E-state index contributed by atoms with van der Waals surface area (Å²) in [6, 6.07) is 5.98. The molecule has 0 saturated carbocycles. The van der Waals surface area contributed by atoms with Crippen molar-refractivity contribution in [3.8, 4) is 0 Å². The Balaban J connectivity index is 2.65. The predicted octanol–water partition coefficient (Wildman–Crippen LogP) is 1.62. The van der Waals surface area contributed by atoms with Crippen LogP contribution in [0.5, 0.6) is 0 Å². The second kappa shape index (κ2) is 4.94. The highest BCUT2D eigenvalue weighted by Crippen LogP contribution is 2.23. The summed E-state index contributed by atoms with van der Waals surface area (Å²) in [4.78, 5) is 4.46. The van der Waals surface area contributed by atoms with Gasteiger partial charge in [-0.3, -0.25) is 0 Å². The van der Waals surface area contributed by atoms with Gasteiger partial charge in [0, 0.05) is 18.8 Å². The largest absolute Gasteiger partial charge is 0.326 e. The highest BCUT2D eigenvalue weighted by atomic mass is 32.2. The van der Waals surface area contributed by atoms with Crippen LogP contribution in [0, 0.1) is 0 Å². The van der Waals surface area contributed by atoms with Crippen molar-refractivity contribution in [3.05, 3.63) is 29.6 Å². The van der Waals surface area contributed by atoms with Crippen LogP contribution in [0.4, 0.5) is 0 Å². The van der Waals surface area contributed by atoms with Crippen molar-refractivity contribution in [1.29, 1.82) is 0 Å². The molecule has 0 radical (unpaired) electrons. The monoisotopic (exact) mass is 281 g/mol. The number of rotatable bonds is 4. The number of nitrogens with zero attached hydrogens (tertiary/aromatic N) is 2. The summed E-state index contributed by atoms with van der Waals surface area (Å²) in [6.07, 6.45) is 1.22. The number of imidazole rings is 1. The van der Waals surface area contributed by atoms with E-state index in [1.54, 1.807) is 0 Å². The fourth-order valence-corrected chi connectivity index (χ4v) is 2.91. The quantitative estimate of drug-likeness (QED) is 0.923. The van der Waals surface area contributed by atoms with Gasteiger partial charge in [0.05, 0.1) is 11.0 Å². The molecule has 1 aromatic heterocycles. The van der Waals surface area contributed by atoms with Gasteiger partial charge < -0.3 is 10.3 Å². The Morgan fingerprint density at radius 1 is 1.37 bits per heavy atom. The van der Waals surface area contributed by atoms with E-state index in [0.29, 0.717) is 12.4 Å². The van der Waals surface area contributed by atoms with Gasteiger partial charge in [0.2, 0.25) is 0 Å². The lowest BCUT2D eigenvalue weighted by Gasteiger charge is -2.12. The zero-order chi connectivity index (χ0) is 14.2. The molecule has 1 aromatic carbocycles. The van der Waals surface area contributed by atoms with Crippen molar-refractivity contribution < 1.29 is 8.42 Å². The van der Waals surface area contributed by atoms with Crippen molar-refractivity contribution in [1.82, 2.24) is 9.55 Å². The van der Waals surface area contributed by atoms with Gasteiger partial charge in [0.15, 0.2) is 9.84 Å². The molecule has 0 atom stereocenters. The predicted molar refractivity (Wildman–Crippen MR) is 76.6 cm³/mol. The molecule has 2 rings (SSSR count). The Hall–Kier alpha value is -1.40. The van der Waals surface area contributed by atoms with Crippen LogP contribution < -0.4 is 5.73 Å². The van der Waals surface area contributed by atoms with Gasteiger partial charge in [-0.05, 0) is 31.5 Å². The van der Waals surface area contributed by atoms with Crippen LogP contribution in [-0.2, 0) is 22.1 Å². The number of hydrogen-bond acceptors (Lipinski definition) is 4. The van der Waals surface area contributed by atoms with Crippen molar-refractivity contribution in [2.45, 2.75) is 32.2 Å². The summed E-state index contributed by atoms with van der Waals surface area (Å²) in [5.74, 6) is 0.541. The minimum atomic E-state index is -3.10. The van der Waals surface area contributed by atoms with E-state index in [1.807, 2.05) is 36.6 Å². The fraction of sp³-hybridized carbons (Fsp3) is 0.462. The molecule has 0 aliphatic rings. The Morgan fingerprint density at radius 3 is 2.58 bits per heavy atom. The van der Waals surface area contributed by atoms with E-state index >= 15 is 0 Å². The van der Waals surface area contributed by atoms with E-state index in [2.05, 4.69) is 4.98 Å². The smallest absolute Gasteiger partial charge is 0.154 e. The molecule has 2 N–H and O–H groups in total. The minimum absolute atomic E-state index is 0.0438. The average molecular weight is 281 g/mol. The van der Waals surface area contributed by atoms with E-state index in [4.69, 9.17) is 5.73 Å². The molecule has 0 amide bonds. The number of hydrogen-bond donors (Lipinski definition) is 1. The molecular formula is C13H19N3O2S. The van der Waals surface area contributed by atoms with Crippen LogP contribution in [0.25, 0.3) is 11.0 Å². The first-order valence-corrected chi connectivity index (χ1v) is 8.25. The first kappa shape index (κ1) is 14.0. The van der Waals surface area contributed by atoms with Gasteiger partial charge >= 0.3 is 0 Å². The zero-order valence-electron chi connectivity index (χ0n) is 11.4. The van der Waals surface area contributed by atoms with Crippen LogP contribution in [0.15, 0.2) is 18.2 Å². The molecule has 6 heteroatoms. The van der Waals surface area contributed by atoms with Gasteiger partial charge in [-0.25, -0.2) is 13.4 Å². The number of benzene rings is 1. The Bertz CT molecular complexity index is 702. The zero-order valence-corrected chi connectivity index (χ0v) is 12.2. The maximum absolute atomic E-state index is 11.5. The molecular weight excluding hydrogens is 262 g/mol. The third-order valence-corrected chi connectivity index (χ3v) is 3.75. The SMILES string of the molecule is CC(C)n1c(CS(C)(=O)=O)nc2cc(CN)ccc21. The molecule has 0 bridgehead atoms. The molecule has 0 saturated heterocycles. The van der Waals surface area contributed by atoms with Crippen molar-refractivity contribution in [2.24, 2.45) is 5.73 Å². The maximum Gasteiger partial charge on any atom is 0.154 e. The molecule has 0 aliphatic heterocycles. The molecule has 0 unspecified atom stereocenters. The van der Waals surface area contributed by atoms with Crippen molar-refractivity contribution in [2.75, 3.05) is 6.26 Å². The summed E-state index contributed by atoms with van der Waals surface area (Å²) in [5.41, 5.74) is 8.36. The van der Waals surface area contributed by atoms with Gasteiger partial charge in [-0.2, -0.15) is 0 Å². The lowest BCUT2D eigenvalue weighted by Crippen LogP contribution is -2.11. The average Bonchev–Trinajstić information content (AvgIpc) is 2.62. The summed E-state index contributed by atoms with van der Waals surface area (Å²) < 4.78 is 25.0. The summed E-state index contributed by atoms with van der Waals surface area (Å²) in [7, 11) is -3.10. The molecule has 2 aromatic rings. The van der Waals surface area contributed by atoms with Crippen LogP contribution in [0.2, 0.25) is 0 Å². The van der Waals surface area contributed by atoms with E-state index in [0.717, 1.165) is 16.6 Å². The number of sulfone groups is 1. The van der Waals surface area contributed by atoms with Crippen LogP contribution in [0.1, 0.15) is 31.3 Å². The Kier molecular flexibility index (Phi) is 3.64. The lowest BCUT2D eigenvalue weighted by molar-refractivity contribution is 0.579. The van der Waals surface area contributed by atoms with Gasteiger partial charge in [0.1, 0.15) is 11.6 Å². The summed E-state index contributed by atoms with van der Waals surface area (Å²) in [5, 5.41) is 0. The second-order valence-electron chi connectivity index (χ2n) is 5.09. The molecule has 5 nitrogen and oxygen atoms in total. The van der Waals surface area contributed by atoms with Gasteiger partial charge in [-0.1, -0.05) is 6.07 Å².